The van der Waals surface area contributed by atoms with Crippen LogP contribution in [-0.2, 0) is 9.59 Å². The van der Waals surface area contributed by atoms with E-state index in [9.17, 15) is 9.59 Å². The number of nitrogens with two attached hydrogens (primary N) is 1. The van der Waals surface area contributed by atoms with Gasteiger partial charge in [-0.3, -0.25) is 9.59 Å². The Hall–Kier alpha value is -1.17. The standard InChI is InChI=1S/C14H25N3O2S/c1-13(2,11(18)16-3)9-17-12(19)14(10(15)20)7-5-4-6-8-14/h4-9H2,1-3H3,(H2,15,20)(H,16,18)(H,17,19). The molecule has 1 saturated carbocycles. The van der Waals surface area contributed by atoms with Crippen LogP contribution in [0.4, 0.5) is 0 Å². The minimum Gasteiger partial charge on any atom is -0.392 e. The van der Waals surface area contributed by atoms with E-state index in [1.807, 2.05) is 0 Å². The molecule has 20 heavy (non-hydrogen) atoms. The molecular weight excluding hydrogens is 274 g/mol. The summed E-state index contributed by atoms with van der Waals surface area (Å²) in [4.78, 5) is 24.5. The van der Waals surface area contributed by atoms with Crippen LogP contribution in [0.25, 0.3) is 0 Å². The van der Waals surface area contributed by atoms with E-state index in [2.05, 4.69) is 10.6 Å². The fourth-order valence-electron chi connectivity index (χ4n) is 2.63. The molecule has 114 valence electrons. The summed E-state index contributed by atoms with van der Waals surface area (Å²) >= 11 is 5.12. The number of amides is 2. The largest absolute Gasteiger partial charge is 0.392 e. The van der Waals surface area contributed by atoms with E-state index < -0.39 is 10.8 Å². The van der Waals surface area contributed by atoms with Crippen LogP contribution in [0.1, 0.15) is 46.0 Å². The first kappa shape index (κ1) is 16.9. The fourth-order valence-corrected chi connectivity index (χ4v) is 2.93. The summed E-state index contributed by atoms with van der Waals surface area (Å²) < 4.78 is 0. The van der Waals surface area contributed by atoms with Crippen molar-refractivity contribution in [1.82, 2.24) is 10.6 Å². The van der Waals surface area contributed by atoms with Crippen LogP contribution < -0.4 is 16.4 Å². The molecule has 2 amide bonds. The molecule has 0 spiro atoms. The van der Waals surface area contributed by atoms with E-state index in [-0.39, 0.29) is 23.3 Å². The van der Waals surface area contributed by atoms with Gasteiger partial charge in [-0.1, -0.05) is 31.5 Å². The predicted molar refractivity (Wildman–Crippen MR) is 83.2 cm³/mol. The van der Waals surface area contributed by atoms with Crippen LogP contribution in [0.5, 0.6) is 0 Å². The van der Waals surface area contributed by atoms with Crippen LogP contribution in [-0.4, -0.2) is 30.4 Å². The second-order valence-corrected chi connectivity index (χ2v) is 6.59. The quantitative estimate of drug-likeness (QED) is 0.664. The Labute approximate surface area is 126 Å². The molecule has 4 N–H and O–H groups in total. The van der Waals surface area contributed by atoms with Gasteiger partial charge in [-0.25, -0.2) is 0 Å². The Morgan fingerprint density at radius 1 is 1.25 bits per heavy atom. The van der Waals surface area contributed by atoms with Gasteiger partial charge in [-0.2, -0.15) is 0 Å². The van der Waals surface area contributed by atoms with E-state index in [1.54, 1.807) is 20.9 Å². The lowest BCUT2D eigenvalue weighted by molar-refractivity contribution is -0.131. The third-order valence-corrected chi connectivity index (χ3v) is 4.54. The molecule has 0 unspecified atom stereocenters. The molecule has 1 aliphatic carbocycles. The first-order valence-electron chi connectivity index (χ1n) is 7.07. The van der Waals surface area contributed by atoms with Crippen molar-refractivity contribution < 1.29 is 9.59 Å². The van der Waals surface area contributed by atoms with Crippen molar-refractivity contribution in [1.29, 1.82) is 0 Å². The van der Waals surface area contributed by atoms with Gasteiger partial charge in [0.25, 0.3) is 0 Å². The van der Waals surface area contributed by atoms with Crippen molar-refractivity contribution in [2.24, 2.45) is 16.6 Å². The predicted octanol–water partition coefficient (Wildman–Crippen LogP) is 1.11. The van der Waals surface area contributed by atoms with E-state index in [0.717, 1.165) is 19.3 Å². The van der Waals surface area contributed by atoms with Crippen molar-refractivity contribution in [3.8, 4) is 0 Å². The van der Waals surface area contributed by atoms with Gasteiger partial charge in [0.2, 0.25) is 11.8 Å². The van der Waals surface area contributed by atoms with E-state index in [0.29, 0.717) is 12.8 Å². The zero-order valence-electron chi connectivity index (χ0n) is 12.5. The molecule has 0 aromatic carbocycles. The highest BCUT2D eigenvalue weighted by atomic mass is 32.1. The highest BCUT2D eigenvalue weighted by Gasteiger charge is 2.43. The highest BCUT2D eigenvalue weighted by molar-refractivity contribution is 7.80. The summed E-state index contributed by atoms with van der Waals surface area (Å²) in [5, 5.41) is 5.46. The van der Waals surface area contributed by atoms with Crippen LogP contribution in [0.2, 0.25) is 0 Å². The maximum Gasteiger partial charge on any atom is 0.233 e. The number of carbonyl (C=O) groups is 2. The number of hydrogen-bond donors (Lipinski definition) is 3. The minimum atomic E-state index is -0.730. The molecule has 0 radical (unpaired) electrons. The smallest absolute Gasteiger partial charge is 0.233 e. The fraction of sp³-hybridized carbons (Fsp3) is 0.786. The molecule has 5 nitrogen and oxygen atoms in total. The lowest BCUT2D eigenvalue weighted by Gasteiger charge is -2.35. The number of thiocarbonyl (C=S) groups is 1. The van der Waals surface area contributed by atoms with Crippen LogP contribution in [0, 0.1) is 10.8 Å². The Morgan fingerprint density at radius 3 is 2.25 bits per heavy atom. The van der Waals surface area contributed by atoms with Crippen molar-refractivity contribution in [2.75, 3.05) is 13.6 Å². The van der Waals surface area contributed by atoms with Gasteiger partial charge in [0, 0.05) is 13.6 Å². The molecule has 0 heterocycles. The highest BCUT2D eigenvalue weighted by Crippen LogP contribution is 2.37. The van der Waals surface area contributed by atoms with Gasteiger partial charge >= 0.3 is 0 Å². The number of nitrogens with one attached hydrogen (secondary N) is 2. The van der Waals surface area contributed by atoms with Gasteiger partial charge in [0.1, 0.15) is 0 Å². The summed E-state index contributed by atoms with van der Waals surface area (Å²) in [6.07, 6.45) is 4.44. The van der Waals surface area contributed by atoms with E-state index in [1.165, 1.54) is 0 Å². The summed E-state index contributed by atoms with van der Waals surface area (Å²) in [6, 6.07) is 0. The molecule has 0 aliphatic heterocycles. The average molecular weight is 299 g/mol. The molecular formula is C14H25N3O2S. The lowest BCUT2D eigenvalue weighted by Crippen LogP contribution is -2.53. The monoisotopic (exact) mass is 299 g/mol. The van der Waals surface area contributed by atoms with E-state index in [4.69, 9.17) is 18.0 Å². The topological polar surface area (TPSA) is 84.2 Å². The van der Waals surface area contributed by atoms with Crippen LogP contribution in [0.15, 0.2) is 0 Å². The van der Waals surface area contributed by atoms with Gasteiger partial charge in [0.05, 0.1) is 15.8 Å². The molecule has 0 bridgehead atoms. The van der Waals surface area contributed by atoms with Crippen molar-refractivity contribution in [3.05, 3.63) is 0 Å². The summed E-state index contributed by atoms with van der Waals surface area (Å²) in [7, 11) is 1.59. The Bertz CT molecular complexity index is 401. The summed E-state index contributed by atoms with van der Waals surface area (Å²) in [6.45, 7) is 3.86. The average Bonchev–Trinajstić information content (AvgIpc) is 2.44. The molecule has 1 aliphatic rings. The third kappa shape index (κ3) is 3.48. The third-order valence-electron chi connectivity index (χ3n) is 4.15. The number of rotatable bonds is 5. The SMILES string of the molecule is CNC(=O)C(C)(C)CNC(=O)C1(C(N)=S)CCCCC1. The normalized spacial score (nSPS) is 18.1. The second kappa shape index (κ2) is 6.52. The van der Waals surface area contributed by atoms with Crippen molar-refractivity contribution in [2.45, 2.75) is 46.0 Å². The molecule has 0 atom stereocenters. The zero-order chi connectivity index (χ0) is 15.4. The van der Waals surface area contributed by atoms with Crippen LogP contribution in [0.3, 0.4) is 0 Å². The molecule has 0 aromatic rings. The van der Waals surface area contributed by atoms with Gasteiger partial charge in [0.15, 0.2) is 0 Å². The Balaban J connectivity index is 2.73. The Morgan fingerprint density at radius 2 is 1.80 bits per heavy atom. The summed E-state index contributed by atoms with van der Waals surface area (Å²) in [5.41, 5.74) is 4.43. The van der Waals surface area contributed by atoms with Gasteiger partial charge < -0.3 is 16.4 Å². The Kier molecular flexibility index (Phi) is 5.50. The molecule has 1 fully saturated rings. The lowest BCUT2D eigenvalue weighted by atomic mass is 9.73. The molecule has 0 aromatic heterocycles. The first-order valence-corrected chi connectivity index (χ1v) is 7.47. The van der Waals surface area contributed by atoms with Gasteiger partial charge in [-0.05, 0) is 26.7 Å². The minimum absolute atomic E-state index is 0.106. The summed E-state index contributed by atoms with van der Waals surface area (Å²) in [5.74, 6) is -0.243. The first-order chi connectivity index (χ1) is 9.26. The number of hydrogen-bond acceptors (Lipinski definition) is 3. The van der Waals surface area contributed by atoms with E-state index >= 15 is 0 Å². The second-order valence-electron chi connectivity index (χ2n) is 6.15. The number of carbonyl (C=O) groups excluding carboxylic acids is 2. The zero-order valence-corrected chi connectivity index (χ0v) is 13.4. The molecule has 0 saturated heterocycles. The van der Waals surface area contributed by atoms with Gasteiger partial charge in [-0.15, -0.1) is 0 Å². The van der Waals surface area contributed by atoms with Crippen molar-refractivity contribution in [3.63, 3.8) is 0 Å². The molecule has 6 heteroatoms. The maximum absolute atomic E-state index is 12.5. The molecule has 1 rings (SSSR count). The maximum atomic E-state index is 12.5. The van der Waals surface area contributed by atoms with Crippen molar-refractivity contribution >= 4 is 29.0 Å². The van der Waals surface area contributed by atoms with Crippen LogP contribution >= 0.6 is 12.2 Å².